The van der Waals surface area contributed by atoms with Crippen LogP contribution < -0.4 is 5.32 Å². The molecule has 0 aliphatic carbocycles. The second-order valence-electron chi connectivity index (χ2n) is 7.21. The number of urea groups is 1. The molecule has 0 unspecified atom stereocenters. The second-order valence-corrected chi connectivity index (χ2v) is 7.21. The SMILES string of the molecule is CN1C[C@@H]2[C@@H](CCCN2C(=O)NCCc2ccc3ccccc3n2)C1=O. The molecule has 1 aromatic heterocycles. The second kappa shape index (κ2) is 6.94. The van der Waals surface area contributed by atoms with Crippen molar-refractivity contribution in [2.45, 2.75) is 25.3 Å². The Morgan fingerprint density at radius 2 is 2.12 bits per heavy atom. The zero-order chi connectivity index (χ0) is 18.1. The van der Waals surface area contributed by atoms with Crippen LogP contribution in [0.4, 0.5) is 4.79 Å². The fraction of sp³-hybridized carbons (Fsp3) is 0.450. The first kappa shape index (κ1) is 16.8. The molecular weight excluding hydrogens is 328 g/mol. The normalized spacial score (nSPS) is 22.6. The van der Waals surface area contributed by atoms with Gasteiger partial charge in [0.1, 0.15) is 0 Å². The van der Waals surface area contributed by atoms with Crippen LogP contribution in [0.5, 0.6) is 0 Å². The number of hydrogen-bond donors (Lipinski definition) is 1. The van der Waals surface area contributed by atoms with Crippen LogP contribution in [0, 0.1) is 5.92 Å². The van der Waals surface area contributed by atoms with Crippen LogP contribution >= 0.6 is 0 Å². The monoisotopic (exact) mass is 352 g/mol. The molecule has 2 atom stereocenters. The number of para-hydroxylation sites is 1. The summed E-state index contributed by atoms with van der Waals surface area (Å²) in [5.41, 5.74) is 1.94. The lowest BCUT2D eigenvalue weighted by Crippen LogP contribution is -2.52. The molecule has 2 aromatic rings. The van der Waals surface area contributed by atoms with E-state index in [1.165, 1.54) is 0 Å². The zero-order valence-electron chi connectivity index (χ0n) is 15.0. The van der Waals surface area contributed by atoms with Gasteiger partial charge in [-0.05, 0) is 25.0 Å². The molecule has 0 saturated carbocycles. The lowest BCUT2D eigenvalue weighted by molar-refractivity contribution is -0.130. The average Bonchev–Trinajstić information content (AvgIpc) is 2.96. The van der Waals surface area contributed by atoms with Crippen molar-refractivity contribution in [3.8, 4) is 0 Å². The number of amides is 3. The summed E-state index contributed by atoms with van der Waals surface area (Å²) in [6.07, 6.45) is 2.47. The molecule has 2 aliphatic heterocycles. The van der Waals surface area contributed by atoms with Crippen molar-refractivity contribution in [2.75, 3.05) is 26.7 Å². The Morgan fingerprint density at radius 3 is 3.00 bits per heavy atom. The van der Waals surface area contributed by atoms with Crippen LogP contribution in [-0.4, -0.2) is 59.4 Å². The third-order valence-corrected chi connectivity index (χ3v) is 5.51. The van der Waals surface area contributed by atoms with Crippen LogP contribution in [0.25, 0.3) is 10.9 Å². The molecule has 136 valence electrons. The van der Waals surface area contributed by atoms with Crippen LogP contribution in [0.15, 0.2) is 36.4 Å². The molecule has 2 aliphatic rings. The van der Waals surface area contributed by atoms with Gasteiger partial charge in [-0.1, -0.05) is 24.3 Å². The summed E-state index contributed by atoms with van der Waals surface area (Å²) in [5.74, 6) is 0.148. The number of fused-ring (bicyclic) bond motifs is 2. The predicted octanol–water partition coefficient (Wildman–Crippen LogP) is 2.04. The van der Waals surface area contributed by atoms with Crippen LogP contribution in [0.3, 0.4) is 0 Å². The highest BCUT2D eigenvalue weighted by Crippen LogP contribution is 2.30. The zero-order valence-corrected chi connectivity index (χ0v) is 15.0. The van der Waals surface area contributed by atoms with E-state index in [2.05, 4.69) is 16.4 Å². The number of nitrogens with zero attached hydrogens (tertiary/aromatic N) is 3. The summed E-state index contributed by atoms with van der Waals surface area (Å²) in [4.78, 5) is 33.0. The summed E-state index contributed by atoms with van der Waals surface area (Å²) >= 11 is 0. The van der Waals surface area contributed by atoms with E-state index in [-0.39, 0.29) is 23.9 Å². The lowest BCUT2D eigenvalue weighted by atomic mass is 9.92. The Kier molecular flexibility index (Phi) is 4.49. The van der Waals surface area contributed by atoms with Crippen molar-refractivity contribution in [3.63, 3.8) is 0 Å². The Balaban J connectivity index is 1.35. The first-order valence-corrected chi connectivity index (χ1v) is 9.27. The molecular formula is C20H24N4O2. The highest BCUT2D eigenvalue weighted by Gasteiger charge is 2.45. The van der Waals surface area contributed by atoms with Gasteiger partial charge in [0.15, 0.2) is 0 Å². The van der Waals surface area contributed by atoms with Gasteiger partial charge in [0.2, 0.25) is 5.91 Å². The quantitative estimate of drug-likeness (QED) is 0.919. The van der Waals surface area contributed by atoms with Gasteiger partial charge in [-0.3, -0.25) is 9.78 Å². The molecule has 4 rings (SSSR count). The molecule has 3 heterocycles. The maximum Gasteiger partial charge on any atom is 0.317 e. The molecule has 2 fully saturated rings. The first-order chi connectivity index (χ1) is 12.6. The van der Waals surface area contributed by atoms with E-state index < -0.39 is 0 Å². The van der Waals surface area contributed by atoms with Gasteiger partial charge in [-0.25, -0.2) is 4.79 Å². The third kappa shape index (κ3) is 3.11. The van der Waals surface area contributed by atoms with E-state index in [0.29, 0.717) is 19.5 Å². The number of rotatable bonds is 3. The minimum Gasteiger partial charge on any atom is -0.343 e. The van der Waals surface area contributed by atoms with Crippen molar-refractivity contribution in [3.05, 3.63) is 42.1 Å². The van der Waals surface area contributed by atoms with Gasteiger partial charge < -0.3 is 15.1 Å². The fourth-order valence-electron chi connectivity index (χ4n) is 4.12. The number of piperidine rings is 1. The maximum absolute atomic E-state index is 12.6. The van der Waals surface area contributed by atoms with E-state index in [9.17, 15) is 9.59 Å². The summed E-state index contributed by atoms with van der Waals surface area (Å²) in [6.45, 7) is 1.91. The van der Waals surface area contributed by atoms with E-state index >= 15 is 0 Å². The number of benzene rings is 1. The summed E-state index contributed by atoms with van der Waals surface area (Å²) in [6, 6.07) is 12.0. The van der Waals surface area contributed by atoms with E-state index in [1.54, 1.807) is 4.90 Å². The van der Waals surface area contributed by atoms with Crippen molar-refractivity contribution >= 4 is 22.8 Å². The van der Waals surface area contributed by atoms with Gasteiger partial charge in [0.05, 0.1) is 17.5 Å². The number of pyridine rings is 1. The molecule has 1 aromatic carbocycles. The summed E-state index contributed by atoms with van der Waals surface area (Å²) in [5, 5.41) is 4.13. The van der Waals surface area contributed by atoms with Crippen LogP contribution in [0.2, 0.25) is 0 Å². The number of carbonyl (C=O) groups excluding carboxylic acids is 2. The number of carbonyl (C=O) groups is 2. The predicted molar refractivity (Wildman–Crippen MR) is 99.7 cm³/mol. The molecule has 26 heavy (non-hydrogen) atoms. The Morgan fingerprint density at radius 1 is 1.27 bits per heavy atom. The van der Waals surface area contributed by atoms with Crippen LogP contribution in [-0.2, 0) is 11.2 Å². The van der Waals surface area contributed by atoms with Crippen molar-refractivity contribution in [1.29, 1.82) is 0 Å². The number of hydrogen-bond acceptors (Lipinski definition) is 3. The first-order valence-electron chi connectivity index (χ1n) is 9.27. The van der Waals surface area contributed by atoms with Gasteiger partial charge in [0.25, 0.3) is 0 Å². The highest BCUT2D eigenvalue weighted by atomic mass is 16.2. The van der Waals surface area contributed by atoms with Gasteiger partial charge in [0, 0.05) is 44.2 Å². The minimum atomic E-state index is -0.0661. The topological polar surface area (TPSA) is 65.5 Å². The molecule has 0 radical (unpaired) electrons. The van der Waals surface area contributed by atoms with Crippen molar-refractivity contribution < 1.29 is 9.59 Å². The number of likely N-dealkylation sites (N-methyl/N-ethyl adjacent to an activating group) is 1. The minimum absolute atomic E-state index is 0.0139. The fourth-order valence-corrected chi connectivity index (χ4v) is 4.12. The summed E-state index contributed by atoms with van der Waals surface area (Å²) < 4.78 is 0. The molecule has 3 amide bonds. The lowest BCUT2D eigenvalue weighted by Gasteiger charge is -2.35. The molecule has 6 nitrogen and oxygen atoms in total. The molecule has 1 N–H and O–H groups in total. The third-order valence-electron chi connectivity index (χ3n) is 5.51. The molecule has 0 bridgehead atoms. The Labute approximate surface area is 153 Å². The number of aromatic nitrogens is 1. The molecule has 0 spiro atoms. The number of likely N-dealkylation sites (tertiary alicyclic amines) is 2. The van der Waals surface area contributed by atoms with Crippen LogP contribution in [0.1, 0.15) is 18.5 Å². The highest BCUT2D eigenvalue weighted by molar-refractivity contribution is 5.84. The van der Waals surface area contributed by atoms with Crippen molar-refractivity contribution in [2.24, 2.45) is 5.92 Å². The van der Waals surface area contributed by atoms with E-state index in [1.807, 2.05) is 42.3 Å². The van der Waals surface area contributed by atoms with E-state index in [0.717, 1.165) is 36.0 Å². The van der Waals surface area contributed by atoms with E-state index in [4.69, 9.17) is 0 Å². The van der Waals surface area contributed by atoms with Crippen molar-refractivity contribution in [1.82, 2.24) is 20.1 Å². The smallest absolute Gasteiger partial charge is 0.317 e. The number of nitrogens with one attached hydrogen (secondary N) is 1. The van der Waals surface area contributed by atoms with Gasteiger partial charge in [-0.15, -0.1) is 0 Å². The molecule has 2 saturated heterocycles. The largest absolute Gasteiger partial charge is 0.343 e. The van der Waals surface area contributed by atoms with Gasteiger partial charge >= 0.3 is 6.03 Å². The Bertz CT molecular complexity index is 837. The molecule has 6 heteroatoms. The van der Waals surface area contributed by atoms with Gasteiger partial charge in [-0.2, -0.15) is 0 Å². The Hall–Kier alpha value is -2.63. The maximum atomic E-state index is 12.6. The standard InChI is InChI=1S/C20H24N4O2/c1-23-13-18-16(19(23)25)6-4-12-24(18)20(26)21-11-10-15-9-8-14-5-2-3-7-17(14)22-15/h2-3,5,7-9,16,18H,4,6,10-13H2,1H3,(H,21,26)/t16-,18-/m1/s1. The average molecular weight is 352 g/mol. The summed E-state index contributed by atoms with van der Waals surface area (Å²) in [7, 11) is 1.82.